The van der Waals surface area contributed by atoms with E-state index in [4.69, 9.17) is 0 Å². The fraction of sp³-hybridized carbons (Fsp3) is 0.615. The maximum Gasteiger partial charge on any atom is 0.307 e. The summed E-state index contributed by atoms with van der Waals surface area (Å²) in [5, 5.41) is 15.7. The van der Waals surface area contributed by atoms with Crippen molar-refractivity contribution >= 4 is 11.6 Å². The molecule has 1 aliphatic heterocycles. The Bertz CT molecular complexity index is 1180. The van der Waals surface area contributed by atoms with Gasteiger partial charge in [0.05, 0.1) is 10.5 Å². The van der Waals surface area contributed by atoms with Crippen LogP contribution in [0.5, 0.6) is 0 Å². The molecular weight excluding hydrogens is 468 g/mol. The molecular formula is C26H31F2N5O3. The van der Waals surface area contributed by atoms with E-state index in [-0.39, 0.29) is 22.5 Å². The standard InChI is InChI=1S/C26H31F2N5O3/c27-22-3-1-2-20(24(22)28)15-30-4-6-31(7-5-30)23(34)13-25-9-18-8-19(10-25)12-26(11-18,17-25)32-16-21(14-29-32)33(35)36/h1-3,14,16,18-19H,4-13,15,17H2. The second-order valence-electron chi connectivity index (χ2n) is 11.6. The molecule has 1 aromatic carbocycles. The van der Waals surface area contributed by atoms with Crippen LogP contribution in [0.2, 0.25) is 0 Å². The first-order valence-corrected chi connectivity index (χ1v) is 12.9. The summed E-state index contributed by atoms with van der Waals surface area (Å²) >= 11 is 0. The molecule has 8 nitrogen and oxygen atoms in total. The molecule has 36 heavy (non-hydrogen) atoms. The Morgan fingerprint density at radius 1 is 1.11 bits per heavy atom. The summed E-state index contributed by atoms with van der Waals surface area (Å²) in [5.74, 6) is -0.413. The smallest absolute Gasteiger partial charge is 0.307 e. The van der Waals surface area contributed by atoms with Crippen molar-refractivity contribution < 1.29 is 18.5 Å². The number of nitro groups is 1. The molecule has 4 bridgehead atoms. The number of piperazine rings is 1. The SMILES string of the molecule is O=C(CC12CC3CC(C1)CC(n1cc([N+](=O)[O-])cn1)(C3)C2)N1CCN(Cc2cccc(F)c2F)CC1. The number of hydrogen-bond donors (Lipinski definition) is 0. The van der Waals surface area contributed by atoms with Gasteiger partial charge in [0.15, 0.2) is 11.6 Å². The molecule has 5 fully saturated rings. The Balaban J connectivity index is 1.11. The van der Waals surface area contributed by atoms with Crippen molar-refractivity contribution in [1.82, 2.24) is 19.6 Å². The van der Waals surface area contributed by atoms with Gasteiger partial charge in [0, 0.05) is 44.7 Å². The zero-order valence-corrected chi connectivity index (χ0v) is 20.2. The third kappa shape index (κ3) is 4.09. The van der Waals surface area contributed by atoms with Gasteiger partial charge in [-0.05, 0) is 61.8 Å². The van der Waals surface area contributed by atoms with Crippen LogP contribution in [0.1, 0.15) is 50.5 Å². The summed E-state index contributed by atoms with van der Waals surface area (Å²) in [5.41, 5.74) is 0.0511. The number of carbonyl (C=O) groups excluding carboxylic acids is 1. The van der Waals surface area contributed by atoms with E-state index in [1.807, 2.05) is 9.58 Å². The van der Waals surface area contributed by atoms with Crippen molar-refractivity contribution in [3.63, 3.8) is 0 Å². The molecule has 0 spiro atoms. The van der Waals surface area contributed by atoms with E-state index in [0.29, 0.717) is 56.5 Å². The molecule has 1 amide bonds. The predicted octanol–water partition coefficient (Wildman–Crippen LogP) is 4.10. The zero-order valence-electron chi connectivity index (χ0n) is 20.2. The lowest BCUT2D eigenvalue weighted by atomic mass is 9.46. The van der Waals surface area contributed by atoms with Gasteiger partial charge < -0.3 is 4.90 Å². The van der Waals surface area contributed by atoms with Crippen LogP contribution in [0.4, 0.5) is 14.5 Å². The highest BCUT2D eigenvalue weighted by Crippen LogP contribution is 2.65. The van der Waals surface area contributed by atoms with Crippen LogP contribution in [-0.4, -0.2) is 56.6 Å². The van der Waals surface area contributed by atoms with Gasteiger partial charge in [0.2, 0.25) is 5.91 Å². The quantitative estimate of drug-likeness (QED) is 0.441. The Labute approximate surface area is 208 Å². The topological polar surface area (TPSA) is 84.5 Å². The van der Waals surface area contributed by atoms with E-state index in [2.05, 4.69) is 10.00 Å². The van der Waals surface area contributed by atoms with Crippen molar-refractivity contribution in [3.05, 3.63) is 57.9 Å². The highest BCUT2D eigenvalue weighted by Gasteiger charge is 2.59. The average molecular weight is 500 g/mol. The number of amides is 1. The van der Waals surface area contributed by atoms with Crippen LogP contribution < -0.4 is 0 Å². The van der Waals surface area contributed by atoms with Gasteiger partial charge in [-0.1, -0.05) is 12.1 Å². The summed E-state index contributed by atoms with van der Waals surface area (Å²) in [4.78, 5) is 28.3. The lowest BCUT2D eigenvalue weighted by Gasteiger charge is -2.62. The van der Waals surface area contributed by atoms with Gasteiger partial charge in [-0.25, -0.2) is 8.78 Å². The van der Waals surface area contributed by atoms with Gasteiger partial charge in [-0.3, -0.25) is 24.5 Å². The molecule has 2 atom stereocenters. The Morgan fingerprint density at radius 3 is 2.50 bits per heavy atom. The Morgan fingerprint density at radius 2 is 1.83 bits per heavy atom. The normalized spacial score (nSPS) is 31.7. The lowest BCUT2D eigenvalue weighted by molar-refractivity contribution is -0.385. The number of aromatic nitrogens is 2. The van der Waals surface area contributed by atoms with Crippen molar-refractivity contribution in [2.24, 2.45) is 17.3 Å². The molecule has 2 aromatic rings. The number of hydrogen-bond acceptors (Lipinski definition) is 5. The van der Waals surface area contributed by atoms with Crippen LogP contribution in [0, 0.1) is 39.0 Å². The number of rotatable bonds is 6. The molecule has 0 N–H and O–H groups in total. The monoisotopic (exact) mass is 499 g/mol. The Hall–Kier alpha value is -2.88. The molecule has 0 radical (unpaired) electrons. The minimum atomic E-state index is -0.834. The first kappa shape index (κ1) is 23.5. The van der Waals surface area contributed by atoms with E-state index >= 15 is 0 Å². The predicted molar refractivity (Wildman–Crippen MR) is 127 cm³/mol. The summed E-state index contributed by atoms with van der Waals surface area (Å²) in [6.07, 6.45) is 9.48. The maximum absolute atomic E-state index is 14.1. The second-order valence-corrected chi connectivity index (χ2v) is 11.6. The number of carbonyl (C=O) groups is 1. The van der Waals surface area contributed by atoms with E-state index in [1.54, 1.807) is 12.3 Å². The third-order valence-corrected chi connectivity index (χ3v) is 9.09. The lowest BCUT2D eigenvalue weighted by Crippen LogP contribution is -2.58. The zero-order chi connectivity index (χ0) is 25.1. The minimum absolute atomic E-state index is 0.0202. The number of benzene rings is 1. The molecule has 192 valence electrons. The van der Waals surface area contributed by atoms with Gasteiger partial charge in [0.1, 0.15) is 12.4 Å². The van der Waals surface area contributed by atoms with Gasteiger partial charge in [-0.15, -0.1) is 0 Å². The maximum atomic E-state index is 14.1. The summed E-state index contributed by atoms with van der Waals surface area (Å²) in [7, 11) is 0. The van der Waals surface area contributed by atoms with Crippen molar-refractivity contribution in [1.29, 1.82) is 0 Å². The molecule has 7 rings (SSSR count). The average Bonchev–Trinajstić information content (AvgIpc) is 3.33. The second kappa shape index (κ2) is 8.61. The fourth-order valence-corrected chi connectivity index (χ4v) is 8.04. The third-order valence-electron chi connectivity index (χ3n) is 9.09. The molecule has 2 unspecified atom stereocenters. The number of nitrogens with zero attached hydrogens (tertiary/aromatic N) is 5. The Kier molecular flexibility index (Phi) is 5.62. The summed E-state index contributed by atoms with van der Waals surface area (Å²) in [6.45, 7) is 2.74. The van der Waals surface area contributed by atoms with Crippen molar-refractivity contribution in [2.45, 2.75) is 57.0 Å². The molecule has 2 heterocycles. The van der Waals surface area contributed by atoms with E-state index in [1.165, 1.54) is 18.7 Å². The summed E-state index contributed by atoms with van der Waals surface area (Å²) in [6, 6.07) is 4.25. The van der Waals surface area contributed by atoms with Gasteiger partial charge in [0.25, 0.3) is 0 Å². The first-order chi connectivity index (χ1) is 17.2. The summed E-state index contributed by atoms with van der Waals surface area (Å²) < 4.78 is 29.5. The fourth-order valence-electron chi connectivity index (χ4n) is 8.04. The first-order valence-electron chi connectivity index (χ1n) is 12.9. The molecule has 1 saturated heterocycles. The van der Waals surface area contributed by atoms with Crippen LogP contribution in [-0.2, 0) is 16.9 Å². The molecule has 1 aromatic heterocycles. The van der Waals surface area contributed by atoms with Gasteiger partial charge in [-0.2, -0.15) is 5.10 Å². The van der Waals surface area contributed by atoms with Crippen LogP contribution >= 0.6 is 0 Å². The van der Waals surface area contributed by atoms with Crippen LogP contribution in [0.25, 0.3) is 0 Å². The van der Waals surface area contributed by atoms with Crippen molar-refractivity contribution in [3.8, 4) is 0 Å². The van der Waals surface area contributed by atoms with Crippen LogP contribution in [0.3, 0.4) is 0 Å². The molecule has 10 heteroatoms. The van der Waals surface area contributed by atoms with Crippen molar-refractivity contribution in [2.75, 3.05) is 26.2 Å². The highest BCUT2D eigenvalue weighted by atomic mass is 19.2. The molecule has 4 aliphatic carbocycles. The van der Waals surface area contributed by atoms with E-state index < -0.39 is 16.6 Å². The number of halogens is 2. The molecule has 4 saturated carbocycles. The van der Waals surface area contributed by atoms with Crippen LogP contribution in [0.15, 0.2) is 30.6 Å². The minimum Gasteiger partial charge on any atom is -0.340 e. The molecule has 5 aliphatic rings. The van der Waals surface area contributed by atoms with E-state index in [9.17, 15) is 23.7 Å². The van der Waals surface area contributed by atoms with Gasteiger partial charge >= 0.3 is 5.69 Å². The highest BCUT2D eigenvalue weighted by molar-refractivity contribution is 5.77. The van der Waals surface area contributed by atoms with E-state index in [0.717, 1.165) is 38.2 Å². The largest absolute Gasteiger partial charge is 0.340 e.